The van der Waals surface area contributed by atoms with Gasteiger partial charge in [0.25, 0.3) is 0 Å². The number of nitrogens with one attached hydrogen (secondary N) is 1. The van der Waals surface area contributed by atoms with Crippen LogP contribution in [0.3, 0.4) is 0 Å². The largest absolute Gasteiger partial charge is 0.505 e. The number of phenols is 1. The number of alkyl halides is 3. The standard InChI is InChI=1S/C24H19F4N3O/c1-13-9-10-29-20(11-13)31-22(17-8-6-16(12-19(17)25)24(26,27)28)18-7-5-15-4-3-14(2)30-21(15)23(18)32/h3-12,22,32H,1-2H3,(H,29,31). The maximum atomic E-state index is 15.0. The van der Waals surface area contributed by atoms with Gasteiger partial charge >= 0.3 is 6.18 Å². The van der Waals surface area contributed by atoms with Gasteiger partial charge in [-0.05, 0) is 49.7 Å². The summed E-state index contributed by atoms with van der Waals surface area (Å²) < 4.78 is 54.1. The number of aryl methyl sites for hydroxylation is 2. The van der Waals surface area contributed by atoms with Crippen molar-refractivity contribution in [1.29, 1.82) is 0 Å². The molecule has 0 fully saturated rings. The molecule has 2 aromatic heterocycles. The van der Waals surface area contributed by atoms with E-state index in [9.17, 15) is 22.7 Å². The van der Waals surface area contributed by atoms with E-state index in [1.807, 2.05) is 6.92 Å². The molecular weight excluding hydrogens is 422 g/mol. The van der Waals surface area contributed by atoms with Crippen molar-refractivity contribution in [2.75, 3.05) is 5.32 Å². The first-order valence-corrected chi connectivity index (χ1v) is 9.78. The van der Waals surface area contributed by atoms with Gasteiger partial charge in [0.15, 0.2) is 0 Å². The fourth-order valence-corrected chi connectivity index (χ4v) is 3.54. The Hall–Kier alpha value is -3.68. The van der Waals surface area contributed by atoms with Crippen LogP contribution in [0.5, 0.6) is 5.75 Å². The van der Waals surface area contributed by atoms with Crippen molar-refractivity contribution in [2.24, 2.45) is 0 Å². The second-order valence-electron chi connectivity index (χ2n) is 7.56. The molecule has 8 heteroatoms. The second kappa shape index (κ2) is 8.11. The monoisotopic (exact) mass is 441 g/mol. The number of fused-ring (bicyclic) bond motifs is 1. The molecule has 4 rings (SSSR count). The summed E-state index contributed by atoms with van der Waals surface area (Å²) in [7, 11) is 0. The third-order valence-electron chi connectivity index (χ3n) is 5.16. The SMILES string of the molecule is Cc1ccnc(NC(c2ccc(C(F)(F)F)cc2F)c2ccc3ccc(C)nc3c2O)c1. The number of pyridine rings is 2. The molecule has 0 saturated carbocycles. The Kier molecular flexibility index (Phi) is 5.46. The van der Waals surface area contributed by atoms with E-state index in [1.54, 1.807) is 49.5 Å². The molecule has 32 heavy (non-hydrogen) atoms. The van der Waals surface area contributed by atoms with Crippen molar-refractivity contribution < 1.29 is 22.7 Å². The Morgan fingerprint density at radius 2 is 1.66 bits per heavy atom. The molecule has 4 nitrogen and oxygen atoms in total. The van der Waals surface area contributed by atoms with Gasteiger partial charge in [0, 0.05) is 28.4 Å². The Bertz CT molecular complexity index is 1300. The van der Waals surface area contributed by atoms with Crippen molar-refractivity contribution in [3.05, 3.63) is 94.6 Å². The van der Waals surface area contributed by atoms with Gasteiger partial charge in [-0.2, -0.15) is 13.2 Å². The summed E-state index contributed by atoms with van der Waals surface area (Å²) in [6.07, 6.45) is -3.12. The van der Waals surface area contributed by atoms with Crippen LogP contribution in [0.15, 0.2) is 60.8 Å². The predicted molar refractivity (Wildman–Crippen MR) is 114 cm³/mol. The van der Waals surface area contributed by atoms with E-state index in [-0.39, 0.29) is 16.9 Å². The fraction of sp³-hybridized carbons (Fsp3) is 0.167. The summed E-state index contributed by atoms with van der Waals surface area (Å²) in [6, 6.07) is 11.7. The highest BCUT2D eigenvalue weighted by atomic mass is 19.4. The molecule has 0 bridgehead atoms. The topological polar surface area (TPSA) is 58.0 Å². The van der Waals surface area contributed by atoms with E-state index < -0.39 is 23.6 Å². The molecular formula is C24H19F4N3O. The number of nitrogens with zero attached hydrogens (tertiary/aromatic N) is 2. The van der Waals surface area contributed by atoms with Gasteiger partial charge in [-0.1, -0.05) is 24.3 Å². The van der Waals surface area contributed by atoms with Crippen LogP contribution in [0.2, 0.25) is 0 Å². The van der Waals surface area contributed by atoms with Crippen LogP contribution in [-0.2, 0) is 6.18 Å². The quantitative estimate of drug-likeness (QED) is 0.364. The first-order valence-electron chi connectivity index (χ1n) is 9.78. The molecule has 0 aliphatic heterocycles. The lowest BCUT2D eigenvalue weighted by atomic mass is 9.94. The van der Waals surface area contributed by atoms with Crippen LogP contribution in [0.1, 0.15) is 34.0 Å². The minimum absolute atomic E-state index is 0.0661. The predicted octanol–water partition coefficient (Wildman–Crippen LogP) is 6.31. The molecule has 0 aliphatic carbocycles. The number of benzene rings is 2. The average Bonchev–Trinajstić information content (AvgIpc) is 2.73. The van der Waals surface area contributed by atoms with E-state index in [0.29, 0.717) is 28.5 Å². The van der Waals surface area contributed by atoms with Gasteiger partial charge in [-0.3, -0.25) is 0 Å². The zero-order chi connectivity index (χ0) is 23.0. The highest BCUT2D eigenvalue weighted by Gasteiger charge is 2.32. The molecule has 1 unspecified atom stereocenters. The highest BCUT2D eigenvalue weighted by Crippen LogP contribution is 2.39. The summed E-state index contributed by atoms with van der Waals surface area (Å²) in [5.41, 5.74) is 0.982. The lowest BCUT2D eigenvalue weighted by molar-refractivity contribution is -0.137. The van der Waals surface area contributed by atoms with Gasteiger partial charge < -0.3 is 10.4 Å². The second-order valence-corrected chi connectivity index (χ2v) is 7.56. The molecule has 2 aromatic carbocycles. The summed E-state index contributed by atoms with van der Waals surface area (Å²) in [4.78, 5) is 8.58. The van der Waals surface area contributed by atoms with Crippen molar-refractivity contribution >= 4 is 16.7 Å². The molecule has 0 spiro atoms. The third-order valence-corrected chi connectivity index (χ3v) is 5.16. The van der Waals surface area contributed by atoms with Crippen molar-refractivity contribution in [3.63, 3.8) is 0 Å². The zero-order valence-corrected chi connectivity index (χ0v) is 17.2. The molecule has 0 radical (unpaired) electrons. The number of phenolic OH excluding ortho intramolecular Hbond substituents is 1. The summed E-state index contributed by atoms with van der Waals surface area (Å²) in [5, 5.41) is 14.7. The van der Waals surface area contributed by atoms with Crippen molar-refractivity contribution in [1.82, 2.24) is 9.97 Å². The van der Waals surface area contributed by atoms with Crippen LogP contribution in [0.25, 0.3) is 10.9 Å². The number of aromatic hydroxyl groups is 1. The maximum absolute atomic E-state index is 15.0. The number of rotatable bonds is 4. The number of halogens is 4. The van der Waals surface area contributed by atoms with Gasteiger partial charge in [-0.15, -0.1) is 0 Å². The van der Waals surface area contributed by atoms with E-state index in [0.717, 1.165) is 17.7 Å². The van der Waals surface area contributed by atoms with Gasteiger partial charge in [-0.25, -0.2) is 14.4 Å². The molecule has 0 aliphatic rings. The maximum Gasteiger partial charge on any atom is 0.416 e. The van der Waals surface area contributed by atoms with Crippen molar-refractivity contribution in [2.45, 2.75) is 26.1 Å². The molecule has 0 amide bonds. The Balaban J connectivity index is 1.89. The highest BCUT2D eigenvalue weighted by molar-refractivity contribution is 5.86. The summed E-state index contributed by atoms with van der Waals surface area (Å²) >= 11 is 0. The van der Waals surface area contributed by atoms with Crippen LogP contribution in [-0.4, -0.2) is 15.1 Å². The number of aromatic nitrogens is 2. The number of hydrogen-bond donors (Lipinski definition) is 2. The number of anilines is 1. The van der Waals surface area contributed by atoms with E-state index in [1.165, 1.54) is 0 Å². The van der Waals surface area contributed by atoms with Crippen LogP contribution in [0, 0.1) is 19.7 Å². The van der Waals surface area contributed by atoms with Crippen LogP contribution < -0.4 is 5.32 Å². The molecule has 4 aromatic rings. The van der Waals surface area contributed by atoms with Gasteiger partial charge in [0.05, 0.1) is 11.6 Å². The molecule has 164 valence electrons. The first-order chi connectivity index (χ1) is 15.1. The fourth-order valence-electron chi connectivity index (χ4n) is 3.54. The molecule has 2 heterocycles. The van der Waals surface area contributed by atoms with Gasteiger partial charge in [0.1, 0.15) is 22.9 Å². The van der Waals surface area contributed by atoms with Crippen LogP contribution >= 0.6 is 0 Å². The summed E-state index contributed by atoms with van der Waals surface area (Å²) in [5.74, 6) is -0.858. The minimum Gasteiger partial charge on any atom is -0.505 e. The molecule has 1 atom stereocenters. The normalized spacial score (nSPS) is 12.7. The summed E-state index contributed by atoms with van der Waals surface area (Å²) in [6.45, 7) is 3.62. The smallest absolute Gasteiger partial charge is 0.416 e. The van der Waals surface area contributed by atoms with Crippen molar-refractivity contribution in [3.8, 4) is 5.75 Å². The molecule has 0 saturated heterocycles. The third kappa shape index (κ3) is 4.21. The van der Waals surface area contributed by atoms with Crippen LogP contribution in [0.4, 0.5) is 23.4 Å². The Labute approximate surface area is 181 Å². The molecule has 2 N–H and O–H groups in total. The van der Waals surface area contributed by atoms with E-state index in [4.69, 9.17) is 0 Å². The van der Waals surface area contributed by atoms with E-state index >= 15 is 0 Å². The lowest BCUT2D eigenvalue weighted by Gasteiger charge is -2.23. The number of hydrogen-bond acceptors (Lipinski definition) is 4. The van der Waals surface area contributed by atoms with Gasteiger partial charge in [0.2, 0.25) is 0 Å². The van der Waals surface area contributed by atoms with E-state index in [2.05, 4.69) is 15.3 Å². The Morgan fingerprint density at radius 1 is 0.938 bits per heavy atom. The Morgan fingerprint density at radius 3 is 2.34 bits per heavy atom. The minimum atomic E-state index is -4.67. The zero-order valence-electron chi connectivity index (χ0n) is 17.2. The lowest BCUT2D eigenvalue weighted by Crippen LogP contribution is -2.16. The first kappa shape index (κ1) is 21.5. The average molecular weight is 441 g/mol.